The molecule has 1 N–H and O–H groups in total. The van der Waals surface area contributed by atoms with Gasteiger partial charge in [0.15, 0.2) is 0 Å². The molecule has 0 bridgehead atoms. The second kappa shape index (κ2) is 8.83. The summed E-state index contributed by atoms with van der Waals surface area (Å²) in [7, 11) is 0. The number of rotatable bonds is 8. The van der Waals surface area contributed by atoms with Crippen LogP contribution < -0.4 is 0 Å². The van der Waals surface area contributed by atoms with Crippen LogP contribution in [-0.4, -0.2) is 89.3 Å². The fourth-order valence-corrected chi connectivity index (χ4v) is 6.24. The zero-order chi connectivity index (χ0) is 24.1. The molecule has 1 aromatic rings. The van der Waals surface area contributed by atoms with Gasteiger partial charge in [0.1, 0.15) is 5.60 Å². The van der Waals surface area contributed by atoms with Crippen LogP contribution in [0.5, 0.6) is 0 Å². The fourth-order valence-electron chi connectivity index (χ4n) is 6.24. The molecule has 4 aliphatic rings. The Balaban J connectivity index is 1.21. The van der Waals surface area contributed by atoms with E-state index in [1.807, 2.05) is 31.7 Å². The maximum absolute atomic E-state index is 13.3. The van der Waals surface area contributed by atoms with Crippen molar-refractivity contribution in [2.75, 3.05) is 45.8 Å². The van der Waals surface area contributed by atoms with Gasteiger partial charge in [0.25, 0.3) is 0 Å². The van der Waals surface area contributed by atoms with Gasteiger partial charge in [0, 0.05) is 56.6 Å². The number of carboxylic acids is 1. The normalized spacial score (nSPS) is 30.1. The molecule has 2 saturated carbocycles. The zero-order valence-corrected chi connectivity index (χ0v) is 20.8. The van der Waals surface area contributed by atoms with Crippen molar-refractivity contribution < 1.29 is 19.4 Å². The van der Waals surface area contributed by atoms with Gasteiger partial charge >= 0.3 is 12.1 Å². The van der Waals surface area contributed by atoms with Crippen molar-refractivity contribution in [3.8, 4) is 0 Å². The number of carbonyl (C=O) groups excluding carboxylic acids is 1. The van der Waals surface area contributed by atoms with Gasteiger partial charge in [-0.05, 0) is 57.4 Å². The number of aliphatic carboxylic acids is 1. The van der Waals surface area contributed by atoms with Crippen LogP contribution in [0.4, 0.5) is 4.79 Å². The van der Waals surface area contributed by atoms with E-state index >= 15 is 0 Å². The quantitative estimate of drug-likeness (QED) is 0.628. The highest BCUT2D eigenvalue weighted by Crippen LogP contribution is 2.52. The Kier molecular flexibility index (Phi) is 6.13. The molecule has 7 nitrogen and oxygen atoms in total. The molecule has 2 aliphatic heterocycles. The van der Waals surface area contributed by atoms with Gasteiger partial charge in [-0.1, -0.05) is 30.3 Å². The SMILES string of the molecule is CC(C)(C)OC(=O)N(CC1(CN2CC3CN(CC(=O)O)CC3C2)CC1)C1C[C@@H]1c1ccccc1. The van der Waals surface area contributed by atoms with Gasteiger partial charge < -0.3 is 19.6 Å². The minimum Gasteiger partial charge on any atom is -0.480 e. The molecular formula is C27H39N3O4. The Hall–Kier alpha value is -2.12. The van der Waals surface area contributed by atoms with Crippen LogP contribution in [0.3, 0.4) is 0 Å². The molecule has 2 saturated heterocycles. The van der Waals surface area contributed by atoms with Crippen molar-refractivity contribution in [2.45, 2.75) is 57.6 Å². The van der Waals surface area contributed by atoms with Crippen molar-refractivity contribution in [2.24, 2.45) is 17.3 Å². The molecule has 5 rings (SSSR count). The molecule has 0 spiro atoms. The molecule has 34 heavy (non-hydrogen) atoms. The highest BCUT2D eigenvalue weighted by molar-refractivity contribution is 5.70. The van der Waals surface area contributed by atoms with E-state index < -0.39 is 11.6 Å². The van der Waals surface area contributed by atoms with Crippen molar-refractivity contribution in [1.29, 1.82) is 0 Å². The molecule has 3 unspecified atom stereocenters. The largest absolute Gasteiger partial charge is 0.480 e. The van der Waals surface area contributed by atoms with Crippen LogP contribution in [0.15, 0.2) is 30.3 Å². The van der Waals surface area contributed by atoms with E-state index in [2.05, 4.69) is 34.1 Å². The number of carboxylic acid groups (broad SMARTS) is 1. The first-order valence-corrected chi connectivity index (χ1v) is 12.8. The van der Waals surface area contributed by atoms with Crippen molar-refractivity contribution >= 4 is 12.1 Å². The molecule has 4 fully saturated rings. The van der Waals surface area contributed by atoms with Crippen LogP contribution in [0.1, 0.15) is 51.5 Å². The Morgan fingerprint density at radius 3 is 2.24 bits per heavy atom. The summed E-state index contributed by atoms with van der Waals surface area (Å²) in [5.74, 6) is 0.812. The summed E-state index contributed by atoms with van der Waals surface area (Å²) in [5, 5.41) is 9.10. The van der Waals surface area contributed by atoms with E-state index in [4.69, 9.17) is 9.84 Å². The third kappa shape index (κ3) is 5.41. The Morgan fingerprint density at radius 2 is 1.68 bits per heavy atom. The molecule has 2 heterocycles. The lowest BCUT2D eigenvalue weighted by Gasteiger charge is -2.33. The minimum atomic E-state index is -0.732. The number of fused-ring (bicyclic) bond motifs is 1. The third-order valence-electron chi connectivity index (χ3n) is 8.03. The summed E-state index contributed by atoms with van der Waals surface area (Å²) >= 11 is 0. The highest BCUT2D eigenvalue weighted by atomic mass is 16.6. The summed E-state index contributed by atoms with van der Waals surface area (Å²) in [6.07, 6.45) is 3.15. The zero-order valence-electron chi connectivity index (χ0n) is 20.8. The smallest absolute Gasteiger partial charge is 0.410 e. The lowest BCUT2D eigenvalue weighted by Crippen LogP contribution is -2.44. The Bertz CT molecular complexity index is 896. The standard InChI is InChI=1S/C27H39N3O4/c1-26(2,3)34-25(33)30(23-11-22(23)19-7-5-4-6-8-19)18-27(9-10-27)17-29-14-20-12-28(16-24(31)32)13-21(20)15-29/h4-8,20-23H,9-18H2,1-3H3,(H,31,32)/t20?,21?,22-,23?/m1/s1. The molecule has 1 amide bonds. The van der Waals surface area contributed by atoms with Gasteiger partial charge in [0.2, 0.25) is 0 Å². The lowest BCUT2D eigenvalue weighted by molar-refractivity contribution is -0.138. The van der Waals surface area contributed by atoms with Crippen molar-refractivity contribution in [3.63, 3.8) is 0 Å². The predicted molar refractivity (Wildman–Crippen MR) is 130 cm³/mol. The summed E-state index contributed by atoms with van der Waals surface area (Å²) in [5.41, 5.74) is 0.974. The second-order valence-corrected chi connectivity index (χ2v) is 12.2. The number of nitrogens with zero attached hydrogens (tertiary/aromatic N) is 3. The van der Waals surface area contributed by atoms with Crippen molar-refractivity contribution in [3.05, 3.63) is 35.9 Å². The van der Waals surface area contributed by atoms with Gasteiger partial charge in [-0.25, -0.2) is 4.79 Å². The van der Waals surface area contributed by atoms with Crippen LogP contribution in [-0.2, 0) is 9.53 Å². The number of hydrogen-bond acceptors (Lipinski definition) is 5. The summed E-state index contributed by atoms with van der Waals surface area (Å²) in [6.45, 7) is 11.7. The average molecular weight is 470 g/mol. The maximum Gasteiger partial charge on any atom is 0.410 e. The minimum absolute atomic E-state index is 0.158. The Morgan fingerprint density at radius 1 is 1.06 bits per heavy atom. The maximum atomic E-state index is 13.3. The molecule has 0 aromatic heterocycles. The van der Waals surface area contributed by atoms with Gasteiger partial charge in [0.05, 0.1) is 6.54 Å². The predicted octanol–water partition coefficient (Wildman–Crippen LogP) is 3.51. The van der Waals surface area contributed by atoms with E-state index in [0.29, 0.717) is 17.8 Å². The molecule has 186 valence electrons. The molecule has 4 atom stereocenters. The first kappa shape index (κ1) is 23.6. The number of hydrogen-bond donors (Lipinski definition) is 1. The molecule has 2 aliphatic carbocycles. The van der Waals surface area contributed by atoms with Crippen LogP contribution >= 0.6 is 0 Å². The van der Waals surface area contributed by atoms with Crippen molar-refractivity contribution in [1.82, 2.24) is 14.7 Å². The summed E-state index contributed by atoms with van der Waals surface area (Å²) < 4.78 is 5.85. The van der Waals surface area contributed by atoms with E-state index in [9.17, 15) is 9.59 Å². The van der Waals surface area contributed by atoms with E-state index in [0.717, 1.165) is 58.5 Å². The van der Waals surface area contributed by atoms with E-state index in [1.165, 1.54) is 5.56 Å². The summed E-state index contributed by atoms with van der Waals surface area (Å²) in [4.78, 5) is 31.0. The highest BCUT2D eigenvalue weighted by Gasteiger charge is 2.53. The molecule has 1 aromatic carbocycles. The van der Waals surface area contributed by atoms with E-state index in [1.54, 1.807) is 0 Å². The number of ether oxygens (including phenoxy) is 1. The number of amides is 1. The van der Waals surface area contributed by atoms with Crippen LogP contribution in [0.25, 0.3) is 0 Å². The number of benzene rings is 1. The van der Waals surface area contributed by atoms with Crippen LogP contribution in [0, 0.1) is 17.3 Å². The van der Waals surface area contributed by atoms with Crippen LogP contribution in [0.2, 0.25) is 0 Å². The van der Waals surface area contributed by atoms with Gasteiger partial charge in [-0.2, -0.15) is 0 Å². The second-order valence-electron chi connectivity index (χ2n) is 12.2. The van der Waals surface area contributed by atoms with E-state index in [-0.39, 0.29) is 24.1 Å². The van der Waals surface area contributed by atoms with Gasteiger partial charge in [-0.15, -0.1) is 0 Å². The molecule has 0 radical (unpaired) electrons. The molecule has 7 heteroatoms. The number of carbonyl (C=O) groups is 2. The third-order valence-corrected chi connectivity index (χ3v) is 8.03. The molecular weight excluding hydrogens is 430 g/mol. The average Bonchev–Trinajstić information content (AvgIpc) is 3.61. The fraction of sp³-hybridized carbons (Fsp3) is 0.704. The summed E-state index contributed by atoms with van der Waals surface area (Å²) in [6, 6.07) is 10.7. The van der Waals surface area contributed by atoms with Gasteiger partial charge in [-0.3, -0.25) is 9.69 Å². The first-order chi connectivity index (χ1) is 16.1. The monoisotopic (exact) mass is 469 g/mol. The lowest BCUT2D eigenvalue weighted by atomic mass is 10.0. The Labute approximate surface area is 203 Å². The first-order valence-electron chi connectivity index (χ1n) is 12.8. The number of likely N-dealkylation sites (tertiary alicyclic amines) is 2. The topological polar surface area (TPSA) is 73.3 Å².